The smallest absolute Gasteiger partial charge is 0.282 e. The summed E-state index contributed by atoms with van der Waals surface area (Å²) in [5, 5.41) is 0. The fourth-order valence-electron chi connectivity index (χ4n) is 2.99. The van der Waals surface area contributed by atoms with E-state index in [1.807, 2.05) is 0 Å². The lowest BCUT2D eigenvalue weighted by Gasteiger charge is -2.39. The summed E-state index contributed by atoms with van der Waals surface area (Å²) in [5.41, 5.74) is 5.66. The number of nitrogens with zero attached hydrogens (tertiary/aromatic N) is 3. The molecule has 6 nitrogen and oxygen atoms in total. The summed E-state index contributed by atoms with van der Waals surface area (Å²) in [6.45, 7) is 9.09. The van der Waals surface area contributed by atoms with Crippen molar-refractivity contribution in [3.05, 3.63) is 0 Å². The lowest BCUT2D eigenvalue weighted by atomic mass is 9.99. The van der Waals surface area contributed by atoms with Gasteiger partial charge in [0, 0.05) is 45.3 Å². The number of nitrogens with two attached hydrogens (primary N) is 1. The molecule has 118 valence electrons. The van der Waals surface area contributed by atoms with Gasteiger partial charge < -0.3 is 5.73 Å². The quantitative estimate of drug-likeness (QED) is 0.789. The van der Waals surface area contributed by atoms with E-state index < -0.39 is 10.2 Å². The molecule has 2 saturated heterocycles. The van der Waals surface area contributed by atoms with E-state index in [-0.39, 0.29) is 0 Å². The van der Waals surface area contributed by atoms with E-state index in [1.165, 1.54) is 0 Å². The summed E-state index contributed by atoms with van der Waals surface area (Å²) in [6, 6.07) is 0.486. The van der Waals surface area contributed by atoms with Gasteiger partial charge in [-0.3, -0.25) is 4.90 Å². The third kappa shape index (κ3) is 3.51. The largest absolute Gasteiger partial charge is 0.330 e. The van der Waals surface area contributed by atoms with Crippen LogP contribution in [0.2, 0.25) is 0 Å². The van der Waals surface area contributed by atoms with Crippen LogP contribution in [0, 0.1) is 5.92 Å². The molecule has 2 fully saturated rings. The summed E-state index contributed by atoms with van der Waals surface area (Å²) in [7, 11) is -3.27. The summed E-state index contributed by atoms with van der Waals surface area (Å²) in [6.07, 6.45) is 1.78. The van der Waals surface area contributed by atoms with Gasteiger partial charge in [0.2, 0.25) is 0 Å². The first-order valence-electron chi connectivity index (χ1n) is 7.64. The van der Waals surface area contributed by atoms with Crippen LogP contribution in [-0.4, -0.2) is 73.8 Å². The second kappa shape index (κ2) is 6.70. The molecule has 7 heteroatoms. The van der Waals surface area contributed by atoms with Gasteiger partial charge in [-0.25, -0.2) is 0 Å². The predicted molar refractivity (Wildman–Crippen MR) is 80.6 cm³/mol. The van der Waals surface area contributed by atoms with Crippen LogP contribution in [-0.2, 0) is 10.2 Å². The maximum Gasteiger partial charge on any atom is 0.282 e. The van der Waals surface area contributed by atoms with Crippen LogP contribution in [0.3, 0.4) is 0 Å². The van der Waals surface area contributed by atoms with Crippen LogP contribution >= 0.6 is 0 Å². The molecule has 0 aromatic heterocycles. The SMILES string of the molecule is CC(C)N1CCN(S(=O)(=O)N2CCC(CN)CC2)CC1. The van der Waals surface area contributed by atoms with Gasteiger partial charge in [0.1, 0.15) is 0 Å². The first kappa shape index (κ1) is 16.2. The van der Waals surface area contributed by atoms with Crippen LogP contribution in [0.5, 0.6) is 0 Å². The number of piperidine rings is 1. The van der Waals surface area contributed by atoms with Crippen molar-refractivity contribution in [1.29, 1.82) is 0 Å². The Morgan fingerprint density at radius 3 is 1.95 bits per heavy atom. The van der Waals surface area contributed by atoms with Crippen LogP contribution in [0.1, 0.15) is 26.7 Å². The molecule has 0 radical (unpaired) electrons. The van der Waals surface area contributed by atoms with Crippen molar-refractivity contribution in [2.75, 3.05) is 45.8 Å². The third-order valence-electron chi connectivity index (χ3n) is 4.56. The van der Waals surface area contributed by atoms with Gasteiger partial charge in [-0.2, -0.15) is 17.0 Å². The number of hydrogen-bond donors (Lipinski definition) is 1. The predicted octanol–water partition coefficient (Wildman–Crippen LogP) is -0.0721. The van der Waals surface area contributed by atoms with E-state index in [0.29, 0.717) is 44.7 Å². The van der Waals surface area contributed by atoms with Gasteiger partial charge in [0.05, 0.1) is 0 Å². The van der Waals surface area contributed by atoms with Gasteiger partial charge in [-0.1, -0.05) is 0 Å². The highest BCUT2D eigenvalue weighted by Gasteiger charge is 2.34. The van der Waals surface area contributed by atoms with Gasteiger partial charge in [-0.15, -0.1) is 0 Å². The highest BCUT2D eigenvalue weighted by atomic mass is 32.2. The third-order valence-corrected chi connectivity index (χ3v) is 6.60. The van der Waals surface area contributed by atoms with Crippen LogP contribution in [0.15, 0.2) is 0 Å². The standard InChI is InChI=1S/C13H28N4O2S/c1-12(2)15-7-9-17(10-8-15)20(18,19)16-5-3-13(11-14)4-6-16/h12-13H,3-11,14H2,1-2H3. The first-order valence-corrected chi connectivity index (χ1v) is 9.04. The minimum Gasteiger partial charge on any atom is -0.330 e. The molecule has 0 saturated carbocycles. The van der Waals surface area contributed by atoms with E-state index in [4.69, 9.17) is 5.73 Å². The lowest BCUT2D eigenvalue weighted by Crippen LogP contribution is -2.55. The molecule has 0 unspecified atom stereocenters. The Morgan fingerprint density at radius 1 is 1.00 bits per heavy atom. The molecule has 0 bridgehead atoms. The molecule has 0 aromatic carbocycles. The Balaban J connectivity index is 1.91. The van der Waals surface area contributed by atoms with E-state index >= 15 is 0 Å². The van der Waals surface area contributed by atoms with E-state index in [0.717, 1.165) is 25.9 Å². The Bertz CT molecular complexity index is 397. The van der Waals surface area contributed by atoms with Crippen molar-refractivity contribution >= 4 is 10.2 Å². The Hall–Kier alpha value is -0.210. The van der Waals surface area contributed by atoms with Gasteiger partial charge in [0.25, 0.3) is 10.2 Å². The van der Waals surface area contributed by atoms with E-state index in [2.05, 4.69) is 18.7 Å². The molecule has 2 N–H and O–H groups in total. The van der Waals surface area contributed by atoms with Gasteiger partial charge in [0.15, 0.2) is 0 Å². The van der Waals surface area contributed by atoms with Crippen molar-refractivity contribution in [1.82, 2.24) is 13.5 Å². The van der Waals surface area contributed by atoms with Crippen LogP contribution in [0.25, 0.3) is 0 Å². The van der Waals surface area contributed by atoms with E-state index in [9.17, 15) is 8.42 Å². The second-order valence-corrected chi connectivity index (χ2v) is 8.04. The monoisotopic (exact) mass is 304 g/mol. The zero-order chi connectivity index (χ0) is 14.8. The molecule has 0 aromatic rings. The summed E-state index contributed by atoms with van der Waals surface area (Å²) in [5.74, 6) is 0.485. The first-order chi connectivity index (χ1) is 9.45. The molecular formula is C13H28N4O2S. The number of piperazine rings is 1. The molecule has 0 aliphatic carbocycles. The van der Waals surface area contributed by atoms with Crippen LogP contribution < -0.4 is 5.73 Å². The number of hydrogen-bond acceptors (Lipinski definition) is 4. The highest BCUT2D eigenvalue weighted by Crippen LogP contribution is 2.21. The summed E-state index contributed by atoms with van der Waals surface area (Å²) in [4.78, 5) is 2.33. The average molecular weight is 304 g/mol. The molecule has 0 spiro atoms. The maximum atomic E-state index is 12.6. The van der Waals surface area contributed by atoms with Crippen molar-refractivity contribution in [2.45, 2.75) is 32.7 Å². The van der Waals surface area contributed by atoms with Gasteiger partial charge in [-0.05, 0) is 39.2 Å². The zero-order valence-corrected chi connectivity index (χ0v) is 13.5. The zero-order valence-electron chi connectivity index (χ0n) is 12.7. The molecule has 20 heavy (non-hydrogen) atoms. The molecule has 2 aliphatic rings. The maximum absolute atomic E-state index is 12.6. The van der Waals surface area contributed by atoms with Gasteiger partial charge >= 0.3 is 0 Å². The summed E-state index contributed by atoms with van der Waals surface area (Å²) >= 11 is 0. The number of rotatable bonds is 4. The Labute approximate surface area is 123 Å². The Kier molecular flexibility index (Phi) is 5.42. The molecule has 0 amide bonds. The minimum absolute atomic E-state index is 0.485. The summed E-state index contributed by atoms with van der Waals surface area (Å²) < 4.78 is 28.5. The van der Waals surface area contributed by atoms with Crippen molar-refractivity contribution < 1.29 is 8.42 Å². The van der Waals surface area contributed by atoms with Crippen molar-refractivity contribution in [2.24, 2.45) is 11.7 Å². The molecule has 2 aliphatic heterocycles. The average Bonchev–Trinajstić information content (AvgIpc) is 2.47. The Morgan fingerprint density at radius 2 is 1.50 bits per heavy atom. The van der Waals surface area contributed by atoms with Crippen molar-refractivity contribution in [3.8, 4) is 0 Å². The lowest BCUT2D eigenvalue weighted by molar-refractivity contribution is 0.146. The normalized spacial score (nSPS) is 25.4. The van der Waals surface area contributed by atoms with Crippen LogP contribution in [0.4, 0.5) is 0 Å². The minimum atomic E-state index is -3.27. The fourth-order valence-corrected chi connectivity index (χ4v) is 4.61. The molecule has 2 rings (SSSR count). The fraction of sp³-hybridized carbons (Fsp3) is 1.00. The highest BCUT2D eigenvalue weighted by molar-refractivity contribution is 7.86. The molecule has 2 heterocycles. The molecule has 0 atom stereocenters. The second-order valence-electron chi connectivity index (χ2n) is 6.11. The van der Waals surface area contributed by atoms with E-state index in [1.54, 1.807) is 8.61 Å². The molecular weight excluding hydrogens is 276 g/mol. The topological polar surface area (TPSA) is 69.9 Å². The van der Waals surface area contributed by atoms with Crippen molar-refractivity contribution in [3.63, 3.8) is 0 Å².